The Labute approximate surface area is 196 Å². The number of amides is 1. The van der Waals surface area contributed by atoms with Crippen LogP contribution >= 0.6 is 0 Å². The van der Waals surface area contributed by atoms with Crippen molar-refractivity contribution in [3.63, 3.8) is 0 Å². The number of ether oxygens (including phenoxy) is 1. The van der Waals surface area contributed by atoms with E-state index in [4.69, 9.17) is 9.26 Å². The summed E-state index contributed by atoms with van der Waals surface area (Å²) in [6, 6.07) is 8.34. The van der Waals surface area contributed by atoms with Crippen LogP contribution in [0.25, 0.3) is 11.4 Å². The molecule has 8 heteroatoms. The first-order valence-corrected chi connectivity index (χ1v) is 12.1. The van der Waals surface area contributed by atoms with E-state index >= 15 is 0 Å². The Balaban J connectivity index is 1.26. The van der Waals surface area contributed by atoms with Crippen LogP contribution in [0.4, 0.5) is 0 Å². The molecule has 2 saturated heterocycles. The molecule has 0 aliphatic carbocycles. The summed E-state index contributed by atoms with van der Waals surface area (Å²) < 4.78 is 10.9. The molecule has 0 spiro atoms. The lowest BCUT2D eigenvalue weighted by atomic mass is 9.87. The highest BCUT2D eigenvalue weighted by molar-refractivity contribution is 5.78. The molecule has 2 aliphatic rings. The van der Waals surface area contributed by atoms with Crippen molar-refractivity contribution in [1.82, 2.24) is 25.3 Å². The second kappa shape index (κ2) is 10.8. The zero-order valence-corrected chi connectivity index (χ0v) is 20.2. The van der Waals surface area contributed by atoms with Gasteiger partial charge in [-0.3, -0.25) is 14.6 Å². The highest BCUT2D eigenvalue weighted by Gasteiger charge is 2.27. The van der Waals surface area contributed by atoms with Gasteiger partial charge in [0, 0.05) is 38.3 Å². The molecule has 0 saturated carbocycles. The predicted octanol–water partition coefficient (Wildman–Crippen LogP) is 2.69. The zero-order chi connectivity index (χ0) is 23.3. The van der Waals surface area contributed by atoms with Crippen LogP contribution in [-0.4, -0.2) is 78.3 Å². The number of carbonyl (C=O) groups is 1. The number of aromatic nitrogens is 2. The first-order chi connectivity index (χ1) is 15.9. The van der Waals surface area contributed by atoms with Crippen LogP contribution in [-0.2, 0) is 21.5 Å². The van der Waals surface area contributed by atoms with Crippen LogP contribution in [0, 0.1) is 5.92 Å². The topological polar surface area (TPSA) is 83.7 Å². The van der Waals surface area contributed by atoms with Crippen LogP contribution < -0.4 is 5.32 Å². The van der Waals surface area contributed by atoms with Crippen molar-refractivity contribution < 1.29 is 14.1 Å². The molecule has 2 aliphatic heterocycles. The Kier molecular flexibility index (Phi) is 7.78. The van der Waals surface area contributed by atoms with Crippen molar-refractivity contribution in [2.24, 2.45) is 5.92 Å². The van der Waals surface area contributed by atoms with Gasteiger partial charge in [-0.05, 0) is 30.4 Å². The Morgan fingerprint density at radius 2 is 1.88 bits per heavy atom. The highest BCUT2D eigenvalue weighted by Crippen LogP contribution is 2.25. The zero-order valence-electron chi connectivity index (χ0n) is 20.2. The summed E-state index contributed by atoms with van der Waals surface area (Å²) in [4.78, 5) is 21.9. The van der Waals surface area contributed by atoms with Gasteiger partial charge >= 0.3 is 0 Å². The van der Waals surface area contributed by atoms with Crippen LogP contribution in [0.3, 0.4) is 0 Å². The Bertz CT molecular complexity index is 900. The smallest absolute Gasteiger partial charge is 0.241 e. The number of carbonyl (C=O) groups excluding carboxylic acids is 1. The molecule has 1 atom stereocenters. The molecule has 2 fully saturated rings. The van der Waals surface area contributed by atoms with Crippen molar-refractivity contribution >= 4 is 5.91 Å². The summed E-state index contributed by atoms with van der Waals surface area (Å²) in [5.74, 6) is 1.37. The minimum atomic E-state index is 0.00998. The molecule has 4 rings (SSSR count). The van der Waals surface area contributed by atoms with Gasteiger partial charge in [0.1, 0.15) is 0 Å². The molecule has 180 valence electrons. The largest absolute Gasteiger partial charge is 0.379 e. The average Bonchev–Trinajstić information content (AvgIpc) is 3.28. The Morgan fingerprint density at radius 1 is 1.12 bits per heavy atom. The van der Waals surface area contributed by atoms with Gasteiger partial charge in [0.2, 0.25) is 17.6 Å². The first-order valence-electron chi connectivity index (χ1n) is 12.1. The second-order valence-electron chi connectivity index (χ2n) is 10.2. The molecule has 1 N–H and O–H groups in total. The Morgan fingerprint density at radius 3 is 2.61 bits per heavy atom. The number of nitrogens with one attached hydrogen (secondary N) is 1. The molecule has 0 bridgehead atoms. The van der Waals surface area contributed by atoms with Gasteiger partial charge < -0.3 is 14.6 Å². The maximum absolute atomic E-state index is 12.7. The molecule has 33 heavy (non-hydrogen) atoms. The van der Waals surface area contributed by atoms with E-state index in [9.17, 15) is 4.79 Å². The van der Waals surface area contributed by atoms with Gasteiger partial charge in [-0.1, -0.05) is 50.2 Å². The molecular formula is C25H37N5O3. The number of morpholine rings is 1. The third kappa shape index (κ3) is 6.62. The summed E-state index contributed by atoms with van der Waals surface area (Å²) in [7, 11) is 0. The van der Waals surface area contributed by atoms with Gasteiger partial charge in [-0.2, -0.15) is 4.98 Å². The molecule has 3 heterocycles. The average molecular weight is 456 g/mol. The molecule has 1 aromatic carbocycles. The third-order valence-electron chi connectivity index (χ3n) is 6.54. The highest BCUT2D eigenvalue weighted by atomic mass is 16.5. The standard InChI is InChI=1S/C25H37N5O3/c1-25(2,3)21-8-6-19(7-9-21)23-27-22(33-28-23)18-30-11-4-5-20(17-30)24(31)26-10-12-29-13-15-32-16-14-29/h6-9,20H,4-5,10-18H2,1-3H3,(H,26,31). The minimum Gasteiger partial charge on any atom is -0.379 e. The van der Waals surface area contributed by atoms with E-state index in [1.165, 1.54) is 5.56 Å². The maximum Gasteiger partial charge on any atom is 0.241 e. The summed E-state index contributed by atoms with van der Waals surface area (Å²) >= 11 is 0. The first kappa shape index (κ1) is 23.9. The van der Waals surface area contributed by atoms with Gasteiger partial charge in [0.15, 0.2) is 0 Å². The lowest BCUT2D eigenvalue weighted by molar-refractivity contribution is -0.126. The number of piperidine rings is 1. The number of benzene rings is 1. The SMILES string of the molecule is CC(C)(C)c1ccc(-c2noc(CN3CCCC(C(=O)NCCN4CCOCC4)C3)n2)cc1. The molecule has 0 radical (unpaired) electrons. The third-order valence-corrected chi connectivity index (χ3v) is 6.54. The number of nitrogens with zero attached hydrogens (tertiary/aromatic N) is 4. The number of rotatable bonds is 7. The second-order valence-corrected chi connectivity index (χ2v) is 10.2. The van der Waals surface area contributed by atoms with Crippen LogP contribution in [0.2, 0.25) is 0 Å². The molecule has 1 aromatic heterocycles. The van der Waals surface area contributed by atoms with E-state index in [0.29, 0.717) is 24.8 Å². The predicted molar refractivity (Wildman–Crippen MR) is 127 cm³/mol. The lowest BCUT2D eigenvalue weighted by Gasteiger charge is -2.31. The van der Waals surface area contributed by atoms with E-state index in [-0.39, 0.29) is 17.2 Å². The van der Waals surface area contributed by atoms with E-state index in [2.05, 4.69) is 58.2 Å². The van der Waals surface area contributed by atoms with E-state index in [1.54, 1.807) is 0 Å². The van der Waals surface area contributed by atoms with Crippen LogP contribution in [0.5, 0.6) is 0 Å². The van der Waals surface area contributed by atoms with Gasteiger partial charge in [0.05, 0.1) is 25.7 Å². The minimum absolute atomic E-state index is 0.00998. The molecule has 8 nitrogen and oxygen atoms in total. The lowest BCUT2D eigenvalue weighted by Crippen LogP contribution is -2.45. The summed E-state index contributed by atoms with van der Waals surface area (Å²) in [5.41, 5.74) is 2.34. The summed E-state index contributed by atoms with van der Waals surface area (Å²) in [6.07, 6.45) is 1.92. The summed E-state index contributed by atoms with van der Waals surface area (Å²) in [6.45, 7) is 13.9. The van der Waals surface area contributed by atoms with Crippen molar-refractivity contribution in [3.8, 4) is 11.4 Å². The van der Waals surface area contributed by atoms with Gasteiger partial charge in [0.25, 0.3) is 0 Å². The molecule has 1 unspecified atom stereocenters. The van der Waals surface area contributed by atoms with Crippen molar-refractivity contribution in [2.75, 3.05) is 52.5 Å². The normalized spacial score (nSPS) is 20.6. The Hall–Kier alpha value is -2.29. The van der Waals surface area contributed by atoms with Crippen molar-refractivity contribution in [2.45, 2.75) is 45.6 Å². The van der Waals surface area contributed by atoms with Crippen LogP contribution in [0.15, 0.2) is 28.8 Å². The van der Waals surface area contributed by atoms with Gasteiger partial charge in [-0.15, -0.1) is 0 Å². The number of hydrogen-bond donors (Lipinski definition) is 1. The monoisotopic (exact) mass is 455 g/mol. The van der Waals surface area contributed by atoms with E-state index < -0.39 is 0 Å². The fraction of sp³-hybridized carbons (Fsp3) is 0.640. The fourth-order valence-electron chi connectivity index (χ4n) is 4.47. The number of likely N-dealkylation sites (tertiary alicyclic amines) is 1. The van der Waals surface area contributed by atoms with Crippen LogP contribution in [0.1, 0.15) is 45.1 Å². The van der Waals surface area contributed by atoms with E-state index in [0.717, 1.165) is 64.3 Å². The fourth-order valence-corrected chi connectivity index (χ4v) is 4.47. The van der Waals surface area contributed by atoms with Crippen molar-refractivity contribution in [3.05, 3.63) is 35.7 Å². The quantitative estimate of drug-likeness (QED) is 0.687. The maximum atomic E-state index is 12.7. The number of hydrogen-bond acceptors (Lipinski definition) is 7. The van der Waals surface area contributed by atoms with Crippen molar-refractivity contribution in [1.29, 1.82) is 0 Å². The molecule has 2 aromatic rings. The molecular weight excluding hydrogens is 418 g/mol. The molecule has 1 amide bonds. The summed E-state index contributed by atoms with van der Waals surface area (Å²) in [5, 5.41) is 7.30. The van der Waals surface area contributed by atoms with E-state index in [1.807, 2.05) is 12.1 Å². The van der Waals surface area contributed by atoms with Gasteiger partial charge in [-0.25, -0.2) is 0 Å².